The van der Waals surface area contributed by atoms with E-state index in [4.69, 9.17) is 5.73 Å². The Hall–Kier alpha value is -1.89. The van der Waals surface area contributed by atoms with Crippen LogP contribution in [0.1, 0.15) is 24.3 Å². The molecule has 0 aliphatic carbocycles. The van der Waals surface area contributed by atoms with Crippen molar-refractivity contribution in [1.29, 1.82) is 0 Å². The highest BCUT2D eigenvalue weighted by molar-refractivity contribution is 5.94. The Balaban J connectivity index is 2.68. The molecule has 7 nitrogen and oxygen atoms in total. The van der Waals surface area contributed by atoms with E-state index >= 15 is 0 Å². The van der Waals surface area contributed by atoms with Crippen LogP contribution in [0.2, 0.25) is 0 Å². The molecule has 0 aliphatic rings. The van der Waals surface area contributed by atoms with Gasteiger partial charge in [0.2, 0.25) is 5.91 Å². The first-order valence-corrected chi connectivity index (χ1v) is 6.40. The van der Waals surface area contributed by atoms with Crippen molar-refractivity contribution in [2.75, 3.05) is 26.2 Å². The monoisotopic (exact) mass is 267 g/mol. The van der Waals surface area contributed by atoms with Gasteiger partial charge >= 0.3 is 0 Å². The van der Waals surface area contributed by atoms with Crippen LogP contribution in [0, 0.1) is 0 Å². The smallest absolute Gasteiger partial charge is 0.274 e. The average molecular weight is 267 g/mol. The van der Waals surface area contributed by atoms with Crippen LogP contribution >= 0.6 is 0 Å². The van der Waals surface area contributed by atoms with Gasteiger partial charge in [0.25, 0.3) is 5.91 Å². The molecule has 1 aromatic rings. The Kier molecular flexibility index (Phi) is 6.01. The van der Waals surface area contributed by atoms with Crippen LogP contribution in [0.3, 0.4) is 0 Å². The molecule has 2 amide bonds. The largest absolute Gasteiger partial charge is 0.355 e. The molecular weight excluding hydrogens is 246 g/mol. The van der Waals surface area contributed by atoms with Crippen molar-refractivity contribution >= 4 is 11.8 Å². The number of likely N-dealkylation sites (N-methyl/N-ethyl adjacent to an activating group) is 2. The van der Waals surface area contributed by atoms with E-state index in [1.54, 1.807) is 17.1 Å². The van der Waals surface area contributed by atoms with Crippen LogP contribution < -0.4 is 11.1 Å². The summed E-state index contributed by atoms with van der Waals surface area (Å²) in [6, 6.07) is 0. The van der Waals surface area contributed by atoms with Gasteiger partial charge in [-0.15, -0.1) is 0 Å². The molecule has 0 unspecified atom stereocenters. The molecule has 0 aliphatic heterocycles. The Morgan fingerprint density at radius 3 is 2.79 bits per heavy atom. The number of nitrogens with two attached hydrogens (primary N) is 1. The van der Waals surface area contributed by atoms with E-state index in [-0.39, 0.29) is 18.4 Å². The second-order valence-corrected chi connectivity index (χ2v) is 4.06. The standard InChI is InChI=1S/C12H21N5O2/c1-3-14-11(18)8-17(4-2)12(19)10-7-16(6-5-13)9-15-10/h7,9H,3-6,8,13H2,1-2H3,(H,14,18). The first kappa shape index (κ1) is 15.2. The van der Waals surface area contributed by atoms with Crippen molar-refractivity contribution in [2.45, 2.75) is 20.4 Å². The SMILES string of the molecule is CCNC(=O)CN(CC)C(=O)c1cn(CCN)cn1. The van der Waals surface area contributed by atoms with Gasteiger partial charge in [-0.05, 0) is 13.8 Å². The van der Waals surface area contributed by atoms with Gasteiger partial charge < -0.3 is 20.5 Å². The summed E-state index contributed by atoms with van der Waals surface area (Å²) in [5.41, 5.74) is 5.77. The van der Waals surface area contributed by atoms with E-state index in [0.29, 0.717) is 31.9 Å². The van der Waals surface area contributed by atoms with Gasteiger partial charge in [-0.25, -0.2) is 4.98 Å². The molecule has 1 rings (SSSR count). The van der Waals surface area contributed by atoms with Crippen LogP contribution in [0.4, 0.5) is 0 Å². The fraction of sp³-hybridized carbons (Fsp3) is 0.583. The fourth-order valence-electron chi connectivity index (χ4n) is 1.66. The molecule has 0 spiro atoms. The van der Waals surface area contributed by atoms with E-state index in [1.807, 2.05) is 13.8 Å². The third-order valence-corrected chi connectivity index (χ3v) is 2.62. The zero-order valence-electron chi connectivity index (χ0n) is 11.4. The van der Waals surface area contributed by atoms with Gasteiger partial charge in [0.15, 0.2) is 0 Å². The van der Waals surface area contributed by atoms with E-state index in [9.17, 15) is 9.59 Å². The van der Waals surface area contributed by atoms with Crippen molar-refractivity contribution in [3.05, 3.63) is 18.2 Å². The van der Waals surface area contributed by atoms with Crippen molar-refractivity contribution in [3.8, 4) is 0 Å². The highest BCUT2D eigenvalue weighted by atomic mass is 16.2. The molecule has 0 fully saturated rings. The topological polar surface area (TPSA) is 93.2 Å². The molecule has 0 saturated carbocycles. The van der Waals surface area contributed by atoms with Crippen molar-refractivity contribution in [1.82, 2.24) is 19.8 Å². The zero-order chi connectivity index (χ0) is 14.3. The molecule has 0 bridgehead atoms. The molecule has 7 heteroatoms. The van der Waals surface area contributed by atoms with E-state index in [2.05, 4.69) is 10.3 Å². The second kappa shape index (κ2) is 7.52. The minimum absolute atomic E-state index is 0.0485. The molecule has 3 N–H and O–H groups in total. The Morgan fingerprint density at radius 2 is 2.21 bits per heavy atom. The number of nitrogens with one attached hydrogen (secondary N) is 1. The van der Waals surface area contributed by atoms with E-state index < -0.39 is 0 Å². The predicted octanol–water partition coefficient (Wildman–Crippen LogP) is -0.560. The zero-order valence-corrected chi connectivity index (χ0v) is 11.4. The lowest BCUT2D eigenvalue weighted by atomic mass is 10.3. The van der Waals surface area contributed by atoms with E-state index in [1.165, 1.54) is 4.90 Å². The molecule has 0 atom stereocenters. The number of carbonyl (C=O) groups is 2. The normalized spacial score (nSPS) is 10.3. The Bertz CT molecular complexity index is 430. The molecule has 106 valence electrons. The maximum absolute atomic E-state index is 12.2. The molecule has 19 heavy (non-hydrogen) atoms. The molecular formula is C12H21N5O2. The number of hydrogen-bond acceptors (Lipinski definition) is 4. The third kappa shape index (κ3) is 4.36. The average Bonchev–Trinajstić information content (AvgIpc) is 2.84. The number of imidazole rings is 1. The fourth-order valence-corrected chi connectivity index (χ4v) is 1.66. The summed E-state index contributed by atoms with van der Waals surface area (Å²) in [6.45, 7) is 5.82. The minimum Gasteiger partial charge on any atom is -0.355 e. The molecule has 0 saturated heterocycles. The van der Waals surface area contributed by atoms with Gasteiger partial charge in [0, 0.05) is 32.4 Å². The number of nitrogens with zero attached hydrogens (tertiary/aromatic N) is 3. The van der Waals surface area contributed by atoms with Crippen molar-refractivity contribution in [2.24, 2.45) is 5.73 Å². The number of aromatic nitrogens is 2. The second-order valence-electron chi connectivity index (χ2n) is 4.06. The molecule has 0 aromatic carbocycles. The van der Waals surface area contributed by atoms with Crippen LogP contribution in [-0.4, -0.2) is 52.4 Å². The lowest BCUT2D eigenvalue weighted by Crippen LogP contribution is -2.40. The van der Waals surface area contributed by atoms with Crippen LogP contribution in [0.25, 0.3) is 0 Å². The Morgan fingerprint density at radius 1 is 1.47 bits per heavy atom. The van der Waals surface area contributed by atoms with Crippen LogP contribution in [0.15, 0.2) is 12.5 Å². The summed E-state index contributed by atoms with van der Waals surface area (Å²) in [7, 11) is 0. The van der Waals surface area contributed by atoms with E-state index in [0.717, 1.165) is 0 Å². The maximum atomic E-state index is 12.2. The lowest BCUT2D eigenvalue weighted by Gasteiger charge is -2.18. The highest BCUT2D eigenvalue weighted by Crippen LogP contribution is 2.02. The lowest BCUT2D eigenvalue weighted by molar-refractivity contribution is -0.121. The first-order valence-electron chi connectivity index (χ1n) is 6.40. The number of amides is 2. The van der Waals surface area contributed by atoms with Crippen molar-refractivity contribution < 1.29 is 9.59 Å². The van der Waals surface area contributed by atoms with Gasteiger partial charge in [-0.3, -0.25) is 9.59 Å². The summed E-state index contributed by atoms with van der Waals surface area (Å²) in [4.78, 5) is 29.2. The number of rotatable bonds is 7. The molecule has 0 radical (unpaired) electrons. The van der Waals surface area contributed by atoms with Gasteiger partial charge in [-0.1, -0.05) is 0 Å². The predicted molar refractivity (Wildman–Crippen MR) is 71.5 cm³/mol. The van der Waals surface area contributed by atoms with Gasteiger partial charge in [0.05, 0.1) is 12.9 Å². The van der Waals surface area contributed by atoms with Gasteiger partial charge in [-0.2, -0.15) is 0 Å². The van der Waals surface area contributed by atoms with Gasteiger partial charge in [0.1, 0.15) is 5.69 Å². The summed E-state index contributed by atoms with van der Waals surface area (Å²) < 4.78 is 1.76. The number of hydrogen-bond donors (Lipinski definition) is 2. The molecule has 1 aromatic heterocycles. The summed E-state index contributed by atoms with van der Waals surface area (Å²) in [5.74, 6) is -0.413. The summed E-state index contributed by atoms with van der Waals surface area (Å²) >= 11 is 0. The maximum Gasteiger partial charge on any atom is 0.274 e. The summed E-state index contributed by atoms with van der Waals surface area (Å²) in [6.07, 6.45) is 3.22. The highest BCUT2D eigenvalue weighted by Gasteiger charge is 2.19. The van der Waals surface area contributed by atoms with Crippen LogP contribution in [0.5, 0.6) is 0 Å². The van der Waals surface area contributed by atoms with Crippen molar-refractivity contribution in [3.63, 3.8) is 0 Å². The quantitative estimate of drug-likeness (QED) is 0.692. The Labute approximate surface area is 112 Å². The summed E-state index contributed by atoms with van der Waals surface area (Å²) in [5, 5.41) is 2.67. The number of carbonyl (C=O) groups excluding carboxylic acids is 2. The first-order chi connectivity index (χ1) is 9.12. The molecule has 1 heterocycles. The van der Waals surface area contributed by atoms with Crippen LogP contribution in [-0.2, 0) is 11.3 Å². The third-order valence-electron chi connectivity index (χ3n) is 2.62. The minimum atomic E-state index is -0.246.